The van der Waals surface area contributed by atoms with Crippen molar-refractivity contribution in [1.29, 1.82) is 0 Å². The second-order valence-corrected chi connectivity index (χ2v) is 5.92. The predicted octanol–water partition coefficient (Wildman–Crippen LogP) is 4.62. The lowest BCUT2D eigenvalue weighted by molar-refractivity contribution is 0.218. The Balaban J connectivity index is 2.58. The van der Waals surface area contributed by atoms with Crippen molar-refractivity contribution >= 4 is 0 Å². The first-order chi connectivity index (χ1) is 9.32. The van der Waals surface area contributed by atoms with Crippen LogP contribution in [0.2, 0.25) is 0 Å². The Kier molecular flexibility index (Phi) is 4.01. The summed E-state index contributed by atoms with van der Waals surface area (Å²) in [6, 6.07) is 8.41. The summed E-state index contributed by atoms with van der Waals surface area (Å²) in [7, 11) is 0. The fourth-order valence-electron chi connectivity index (χ4n) is 2.76. The van der Waals surface area contributed by atoms with Crippen molar-refractivity contribution in [2.45, 2.75) is 47.6 Å². The van der Waals surface area contributed by atoms with E-state index in [0.717, 1.165) is 11.1 Å². The zero-order valence-corrected chi connectivity index (χ0v) is 13.3. The first-order valence-electron chi connectivity index (χ1n) is 7.15. The second-order valence-electron chi connectivity index (χ2n) is 5.92. The Bertz CT molecular complexity index is 627. The molecule has 1 unspecified atom stereocenters. The van der Waals surface area contributed by atoms with Gasteiger partial charge in [0.25, 0.3) is 0 Å². The summed E-state index contributed by atoms with van der Waals surface area (Å²) in [6.07, 6.45) is -0.548. The molecule has 0 fully saturated rings. The lowest BCUT2D eigenvalue weighted by Crippen LogP contribution is -2.08. The van der Waals surface area contributed by atoms with Crippen LogP contribution in [0.1, 0.15) is 50.6 Å². The van der Waals surface area contributed by atoms with Gasteiger partial charge in [-0.05, 0) is 86.1 Å². The molecule has 0 saturated heterocycles. The van der Waals surface area contributed by atoms with E-state index < -0.39 is 6.10 Å². The van der Waals surface area contributed by atoms with Gasteiger partial charge < -0.3 is 5.11 Å². The van der Waals surface area contributed by atoms with E-state index in [4.69, 9.17) is 0 Å². The summed E-state index contributed by atoms with van der Waals surface area (Å²) in [4.78, 5) is 0. The van der Waals surface area contributed by atoms with Crippen molar-refractivity contribution in [1.82, 2.24) is 0 Å². The maximum absolute atomic E-state index is 10.8. The molecular weight excluding hydrogens is 244 g/mol. The van der Waals surface area contributed by atoms with E-state index in [0.29, 0.717) is 0 Å². The SMILES string of the molecule is Cc1ccc(C(O)c2c(C)c(C)cc(C)c2C)cc1C. The van der Waals surface area contributed by atoms with Crippen LogP contribution in [-0.4, -0.2) is 5.11 Å². The third-order valence-corrected chi connectivity index (χ3v) is 4.54. The number of benzene rings is 2. The summed E-state index contributed by atoms with van der Waals surface area (Å²) in [5.74, 6) is 0. The molecule has 0 radical (unpaired) electrons. The summed E-state index contributed by atoms with van der Waals surface area (Å²) in [5.41, 5.74) is 9.39. The summed E-state index contributed by atoms with van der Waals surface area (Å²) in [5, 5.41) is 10.8. The average molecular weight is 268 g/mol. The van der Waals surface area contributed by atoms with Crippen molar-refractivity contribution in [3.63, 3.8) is 0 Å². The second kappa shape index (κ2) is 5.41. The van der Waals surface area contributed by atoms with Gasteiger partial charge >= 0.3 is 0 Å². The zero-order chi connectivity index (χ0) is 15.0. The van der Waals surface area contributed by atoms with Gasteiger partial charge in [-0.25, -0.2) is 0 Å². The fourth-order valence-corrected chi connectivity index (χ4v) is 2.76. The van der Waals surface area contributed by atoms with Gasteiger partial charge in [0.1, 0.15) is 6.10 Å². The summed E-state index contributed by atoms with van der Waals surface area (Å²) >= 11 is 0. The molecule has 0 aromatic heterocycles. The lowest BCUT2D eigenvalue weighted by atomic mass is 9.87. The molecular formula is C19H24O. The van der Waals surface area contributed by atoms with Crippen molar-refractivity contribution in [2.75, 3.05) is 0 Å². The van der Waals surface area contributed by atoms with E-state index in [-0.39, 0.29) is 0 Å². The molecule has 0 heterocycles. The van der Waals surface area contributed by atoms with Crippen LogP contribution in [0.15, 0.2) is 24.3 Å². The normalized spacial score (nSPS) is 12.6. The maximum Gasteiger partial charge on any atom is 0.105 e. The molecule has 0 spiro atoms. The highest BCUT2D eigenvalue weighted by atomic mass is 16.3. The smallest absolute Gasteiger partial charge is 0.105 e. The van der Waals surface area contributed by atoms with Gasteiger partial charge in [0.2, 0.25) is 0 Å². The first kappa shape index (κ1) is 14.8. The molecule has 1 N–H and O–H groups in total. The van der Waals surface area contributed by atoms with Gasteiger partial charge in [-0.3, -0.25) is 0 Å². The molecule has 2 aromatic carbocycles. The third kappa shape index (κ3) is 2.51. The molecule has 0 aliphatic heterocycles. The van der Waals surface area contributed by atoms with Crippen molar-refractivity contribution < 1.29 is 5.11 Å². The first-order valence-corrected chi connectivity index (χ1v) is 7.15. The predicted molar refractivity (Wildman–Crippen MR) is 85.4 cm³/mol. The topological polar surface area (TPSA) is 20.2 Å². The molecule has 106 valence electrons. The Morgan fingerprint density at radius 2 is 1.25 bits per heavy atom. The van der Waals surface area contributed by atoms with Gasteiger partial charge in [-0.2, -0.15) is 0 Å². The number of aliphatic hydroxyl groups excluding tert-OH is 1. The highest BCUT2D eigenvalue weighted by Gasteiger charge is 2.18. The van der Waals surface area contributed by atoms with Crippen LogP contribution in [0.25, 0.3) is 0 Å². The standard InChI is InChI=1S/C19H24O/c1-11-7-8-17(10-12(11)2)19(20)18-15(5)13(3)9-14(4)16(18)6/h7-10,19-20H,1-6H3. The number of aliphatic hydroxyl groups is 1. The van der Waals surface area contributed by atoms with Crippen LogP contribution in [-0.2, 0) is 0 Å². The van der Waals surface area contributed by atoms with Gasteiger partial charge in [0.05, 0.1) is 0 Å². The van der Waals surface area contributed by atoms with Crippen molar-refractivity contribution in [2.24, 2.45) is 0 Å². The average Bonchev–Trinajstić information content (AvgIpc) is 2.40. The Labute approximate surface area is 122 Å². The number of hydrogen-bond acceptors (Lipinski definition) is 1. The Hall–Kier alpha value is -1.60. The van der Waals surface area contributed by atoms with Crippen LogP contribution in [0.5, 0.6) is 0 Å². The third-order valence-electron chi connectivity index (χ3n) is 4.54. The van der Waals surface area contributed by atoms with Gasteiger partial charge in [0.15, 0.2) is 0 Å². The molecule has 0 aliphatic rings. The van der Waals surface area contributed by atoms with Crippen LogP contribution >= 0.6 is 0 Å². The van der Waals surface area contributed by atoms with E-state index in [1.807, 2.05) is 6.07 Å². The molecule has 1 atom stereocenters. The minimum atomic E-state index is -0.548. The molecule has 2 aromatic rings. The molecule has 20 heavy (non-hydrogen) atoms. The largest absolute Gasteiger partial charge is 0.384 e. The molecule has 0 bridgehead atoms. The van der Waals surface area contributed by atoms with Gasteiger partial charge in [-0.1, -0.05) is 24.3 Å². The van der Waals surface area contributed by atoms with Crippen molar-refractivity contribution in [3.05, 3.63) is 68.8 Å². The fraction of sp³-hybridized carbons (Fsp3) is 0.368. The number of aryl methyl sites for hydroxylation is 4. The molecule has 1 nitrogen and oxygen atoms in total. The number of rotatable bonds is 2. The van der Waals surface area contributed by atoms with Gasteiger partial charge in [0, 0.05) is 0 Å². The van der Waals surface area contributed by atoms with Crippen molar-refractivity contribution in [3.8, 4) is 0 Å². The Morgan fingerprint density at radius 3 is 1.75 bits per heavy atom. The van der Waals surface area contributed by atoms with Crippen LogP contribution in [0.4, 0.5) is 0 Å². The zero-order valence-electron chi connectivity index (χ0n) is 13.3. The van der Waals surface area contributed by atoms with E-state index >= 15 is 0 Å². The van der Waals surface area contributed by atoms with E-state index in [9.17, 15) is 5.11 Å². The van der Waals surface area contributed by atoms with Crippen LogP contribution in [0.3, 0.4) is 0 Å². The van der Waals surface area contributed by atoms with E-state index in [1.165, 1.54) is 33.4 Å². The molecule has 0 saturated carbocycles. The lowest BCUT2D eigenvalue weighted by Gasteiger charge is -2.21. The highest BCUT2D eigenvalue weighted by Crippen LogP contribution is 2.32. The Morgan fingerprint density at radius 1 is 0.700 bits per heavy atom. The minimum Gasteiger partial charge on any atom is -0.384 e. The molecule has 0 amide bonds. The minimum absolute atomic E-state index is 0.548. The molecule has 2 rings (SSSR count). The molecule has 0 aliphatic carbocycles. The van der Waals surface area contributed by atoms with Crippen LogP contribution in [0, 0.1) is 41.5 Å². The summed E-state index contributed by atoms with van der Waals surface area (Å²) < 4.78 is 0. The van der Waals surface area contributed by atoms with E-state index in [1.54, 1.807) is 0 Å². The molecule has 1 heteroatoms. The quantitative estimate of drug-likeness (QED) is 0.842. The van der Waals surface area contributed by atoms with Gasteiger partial charge in [-0.15, -0.1) is 0 Å². The van der Waals surface area contributed by atoms with E-state index in [2.05, 4.69) is 59.7 Å². The monoisotopic (exact) mass is 268 g/mol. The number of hydrogen-bond donors (Lipinski definition) is 1. The maximum atomic E-state index is 10.8. The summed E-state index contributed by atoms with van der Waals surface area (Å²) in [6.45, 7) is 12.6. The highest BCUT2D eigenvalue weighted by molar-refractivity contribution is 5.48. The van der Waals surface area contributed by atoms with Crippen LogP contribution < -0.4 is 0 Å².